The number of hydrogen-bond acceptors (Lipinski definition) is 4. The molecule has 0 aliphatic carbocycles. The highest BCUT2D eigenvalue weighted by Crippen LogP contribution is 2.26. The van der Waals surface area contributed by atoms with E-state index in [1.165, 1.54) is 29.8 Å². The van der Waals surface area contributed by atoms with Crippen molar-refractivity contribution in [2.75, 3.05) is 49.1 Å². The summed E-state index contributed by atoms with van der Waals surface area (Å²) in [5.41, 5.74) is 6.22. The van der Waals surface area contributed by atoms with E-state index in [0.717, 1.165) is 50.4 Å². The topological polar surface area (TPSA) is 38.8 Å². The minimum atomic E-state index is 0.0648. The first kappa shape index (κ1) is 24.4. The van der Waals surface area contributed by atoms with Gasteiger partial charge in [0.2, 0.25) is 5.91 Å². The molecule has 2 saturated heterocycles. The van der Waals surface area contributed by atoms with Crippen molar-refractivity contribution in [1.82, 2.24) is 10.2 Å². The number of benzene rings is 3. The van der Waals surface area contributed by atoms with Crippen molar-refractivity contribution in [1.29, 1.82) is 0 Å². The molecule has 1 N–H and O–H groups in total. The Labute approximate surface area is 215 Å². The average molecular weight is 483 g/mol. The summed E-state index contributed by atoms with van der Waals surface area (Å²) in [7, 11) is 0. The maximum absolute atomic E-state index is 12.3. The highest BCUT2D eigenvalue weighted by Gasteiger charge is 2.28. The number of aryl methyl sites for hydroxylation is 1. The van der Waals surface area contributed by atoms with Gasteiger partial charge in [-0.05, 0) is 54.7 Å². The third kappa shape index (κ3) is 6.08. The SMILES string of the molecule is Cc1ccccc1N1CCN(C2CCN(c3ccc(CC(=O)NCc4ccccc4)cc3)CC2)CC1. The number of carbonyl (C=O) groups excluding carboxylic acids is 1. The number of piperazine rings is 1. The number of carbonyl (C=O) groups is 1. The van der Waals surface area contributed by atoms with Gasteiger partial charge in [-0.3, -0.25) is 9.69 Å². The van der Waals surface area contributed by atoms with Gasteiger partial charge < -0.3 is 15.1 Å². The molecule has 0 unspecified atom stereocenters. The molecule has 36 heavy (non-hydrogen) atoms. The Morgan fingerprint density at radius 1 is 0.750 bits per heavy atom. The lowest BCUT2D eigenvalue weighted by Crippen LogP contribution is -2.53. The quantitative estimate of drug-likeness (QED) is 0.532. The molecule has 5 rings (SSSR count). The van der Waals surface area contributed by atoms with E-state index in [9.17, 15) is 4.79 Å². The molecule has 5 heteroatoms. The van der Waals surface area contributed by atoms with Gasteiger partial charge in [-0.2, -0.15) is 0 Å². The molecule has 0 saturated carbocycles. The zero-order valence-corrected chi connectivity index (χ0v) is 21.4. The molecule has 1 amide bonds. The van der Waals surface area contributed by atoms with E-state index in [0.29, 0.717) is 19.0 Å². The summed E-state index contributed by atoms with van der Waals surface area (Å²) < 4.78 is 0. The molecule has 3 aromatic carbocycles. The van der Waals surface area contributed by atoms with Gasteiger partial charge in [-0.1, -0.05) is 60.7 Å². The maximum Gasteiger partial charge on any atom is 0.224 e. The first-order valence-corrected chi connectivity index (χ1v) is 13.3. The van der Waals surface area contributed by atoms with Crippen molar-refractivity contribution in [2.45, 2.75) is 38.8 Å². The minimum Gasteiger partial charge on any atom is -0.371 e. The predicted octanol–water partition coefficient (Wildman–Crippen LogP) is 4.64. The van der Waals surface area contributed by atoms with Crippen LogP contribution in [0.1, 0.15) is 29.5 Å². The van der Waals surface area contributed by atoms with E-state index in [1.807, 2.05) is 30.3 Å². The lowest BCUT2D eigenvalue weighted by atomic mass is 10.0. The van der Waals surface area contributed by atoms with Gasteiger partial charge >= 0.3 is 0 Å². The number of anilines is 2. The van der Waals surface area contributed by atoms with E-state index in [-0.39, 0.29) is 5.91 Å². The van der Waals surface area contributed by atoms with Gasteiger partial charge in [0.15, 0.2) is 0 Å². The Bertz CT molecular complexity index is 1110. The van der Waals surface area contributed by atoms with E-state index >= 15 is 0 Å². The van der Waals surface area contributed by atoms with Gasteiger partial charge in [-0.25, -0.2) is 0 Å². The molecule has 2 fully saturated rings. The molecule has 0 atom stereocenters. The number of amides is 1. The van der Waals surface area contributed by atoms with Crippen LogP contribution >= 0.6 is 0 Å². The van der Waals surface area contributed by atoms with Gasteiger partial charge in [0.1, 0.15) is 0 Å². The first-order valence-electron chi connectivity index (χ1n) is 13.3. The number of para-hydroxylation sites is 1. The normalized spacial score (nSPS) is 17.2. The lowest BCUT2D eigenvalue weighted by molar-refractivity contribution is -0.120. The van der Waals surface area contributed by atoms with Crippen molar-refractivity contribution in [3.8, 4) is 0 Å². The summed E-state index contributed by atoms with van der Waals surface area (Å²) in [6, 6.07) is 28.1. The second kappa shape index (κ2) is 11.6. The average Bonchev–Trinajstić information content (AvgIpc) is 2.93. The first-order chi connectivity index (χ1) is 17.7. The lowest BCUT2D eigenvalue weighted by Gasteiger charge is -2.44. The highest BCUT2D eigenvalue weighted by atomic mass is 16.1. The Kier molecular flexibility index (Phi) is 7.87. The fraction of sp³-hybridized carbons (Fsp3) is 0.387. The molecule has 3 aromatic rings. The Morgan fingerprint density at radius 3 is 2.11 bits per heavy atom. The monoisotopic (exact) mass is 482 g/mol. The van der Waals surface area contributed by atoms with Crippen LogP contribution in [0.2, 0.25) is 0 Å². The molecular formula is C31H38N4O. The molecule has 2 heterocycles. The number of nitrogens with one attached hydrogen (secondary N) is 1. The van der Waals surface area contributed by atoms with E-state index in [4.69, 9.17) is 0 Å². The van der Waals surface area contributed by atoms with Crippen LogP contribution in [-0.4, -0.2) is 56.1 Å². The third-order valence-corrected chi connectivity index (χ3v) is 7.75. The van der Waals surface area contributed by atoms with Crippen LogP contribution in [0.5, 0.6) is 0 Å². The smallest absolute Gasteiger partial charge is 0.224 e. The Balaban J connectivity index is 1.06. The number of piperidine rings is 1. The summed E-state index contributed by atoms with van der Waals surface area (Å²) in [6.07, 6.45) is 2.85. The summed E-state index contributed by atoms with van der Waals surface area (Å²) in [4.78, 5) is 20.1. The molecule has 0 bridgehead atoms. The molecule has 2 aliphatic heterocycles. The predicted molar refractivity (Wildman–Crippen MR) is 149 cm³/mol. The molecular weight excluding hydrogens is 444 g/mol. The molecule has 2 aliphatic rings. The van der Waals surface area contributed by atoms with Crippen LogP contribution in [0.25, 0.3) is 0 Å². The summed E-state index contributed by atoms with van der Waals surface area (Å²) in [5.74, 6) is 0.0648. The second-order valence-electron chi connectivity index (χ2n) is 10.1. The van der Waals surface area contributed by atoms with Crippen LogP contribution < -0.4 is 15.1 Å². The van der Waals surface area contributed by atoms with Crippen LogP contribution in [0.3, 0.4) is 0 Å². The highest BCUT2D eigenvalue weighted by molar-refractivity contribution is 5.78. The Morgan fingerprint density at radius 2 is 1.42 bits per heavy atom. The van der Waals surface area contributed by atoms with E-state index in [1.54, 1.807) is 0 Å². The zero-order chi connectivity index (χ0) is 24.7. The van der Waals surface area contributed by atoms with Crippen molar-refractivity contribution >= 4 is 17.3 Å². The maximum atomic E-state index is 12.3. The number of nitrogens with zero attached hydrogens (tertiary/aromatic N) is 3. The van der Waals surface area contributed by atoms with E-state index in [2.05, 4.69) is 75.5 Å². The van der Waals surface area contributed by atoms with Crippen molar-refractivity contribution in [3.05, 3.63) is 95.6 Å². The summed E-state index contributed by atoms with van der Waals surface area (Å²) >= 11 is 0. The van der Waals surface area contributed by atoms with Crippen LogP contribution in [0, 0.1) is 6.92 Å². The molecule has 0 radical (unpaired) electrons. The fourth-order valence-electron chi connectivity index (χ4n) is 5.60. The van der Waals surface area contributed by atoms with Gasteiger partial charge in [0, 0.05) is 63.2 Å². The van der Waals surface area contributed by atoms with Crippen molar-refractivity contribution in [2.24, 2.45) is 0 Å². The van der Waals surface area contributed by atoms with Crippen LogP contribution in [0.15, 0.2) is 78.9 Å². The van der Waals surface area contributed by atoms with Gasteiger partial charge in [0.25, 0.3) is 0 Å². The van der Waals surface area contributed by atoms with Crippen LogP contribution in [0.4, 0.5) is 11.4 Å². The Hall–Kier alpha value is -3.31. The summed E-state index contributed by atoms with van der Waals surface area (Å²) in [6.45, 7) is 9.52. The summed E-state index contributed by atoms with van der Waals surface area (Å²) in [5, 5.41) is 3.02. The molecule has 0 aromatic heterocycles. The molecule has 5 nitrogen and oxygen atoms in total. The second-order valence-corrected chi connectivity index (χ2v) is 10.1. The zero-order valence-electron chi connectivity index (χ0n) is 21.4. The standard InChI is InChI=1S/C31H38N4O/c1-25-7-5-6-10-30(25)35-21-19-34(20-22-35)29-15-17-33(18-16-29)28-13-11-26(12-14-28)23-31(36)32-24-27-8-3-2-4-9-27/h2-14,29H,15-24H2,1H3,(H,32,36). The van der Waals surface area contributed by atoms with Crippen molar-refractivity contribution < 1.29 is 4.79 Å². The van der Waals surface area contributed by atoms with E-state index < -0.39 is 0 Å². The number of hydrogen-bond donors (Lipinski definition) is 1. The van der Waals surface area contributed by atoms with Gasteiger partial charge in [0.05, 0.1) is 6.42 Å². The molecule has 188 valence electrons. The van der Waals surface area contributed by atoms with Crippen molar-refractivity contribution in [3.63, 3.8) is 0 Å². The minimum absolute atomic E-state index is 0.0648. The fourth-order valence-corrected chi connectivity index (χ4v) is 5.60. The third-order valence-electron chi connectivity index (χ3n) is 7.75. The van der Waals surface area contributed by atoms with Gasteiger partial charge in [-0.15, -0.1) is 0 Å². The van der Waals surface area contributed by atoms with Crippen LogP contribution in [-0.2, 0) is 17.8 Å². The number of rotatable bonds is 7. The molecule has 0 spiro atoms. The largest absolute Gasteiger partial charge is 0.371 e.